The van der Waals surface area contributed by atoms with Gasteiger partial charge < -0.3 is 5.73 Å². The van der Waals surface area contributed by atoms with E-state index in [0.717, 1.165) is 34.6 Å². The monoisotopic (exact) mass is 298 g/mol. The molecule has 21 heavy (non-hydrogen) atoms. The van der Waals surface area contributed by atoms with Crippen molar-refractivity contribution in [2.45, 2.75) is 19.4 Å². The second kappa shape index (κ2) is 4.74. The van der Waals surface area contributed by atoms with Crippen molar-refractivity contribution >= 4 is 28.3 Å². The highest BCUT2D eigenvalue weighted by molar-refractivity contribution is 6.37. The Hall–Kier alpha value is -2.07. The molecule has 4 nitrogen and oxygen atoms in total. The normalized spacial score (nSPS) is 14.7. The second-order valence-electron chi connectivity index (χ2n) is 5.60. The van der Waals surface area contributed by atoms with Gasteiger partial charge in [-0.05, 0) is 30.9 Å². The zero-order chi connectivity index (χ0) is 14.4. The maximum Gasteiger partial charge on any atom is 0.132 e. The van der Waals surface area contributed by atoms with E-state index in [0.29, 0.717) is 10.7 Å². The molecule has 2 N–H and O–H groups in total. The largest absolute Gasteiger partial charge is 0.398 e. The SMILES string of the molecule is Nc1ccccc1-c1ccc2c(nnn2CC2CC2)c1Cl. The molecule has 1 aliphatic carbocycles. The van der Waals surface area contributed by atoms with Crippen LogP contribution in [-0.4, -0.2) is 15.0 Å². The Labute approximate surface area is 127 Å². The van der Waals surface area contributed by atoms with Crippen LogP contribution in [0.5, 0.6) is 0 Å². The first-order valence-electron chi connectivity index (χ1n) is 7.10. The minimum atomic E-state index is 0.618. The van der Waals surface area contributed by atoms with Crippen LogP contribution in [-0.2, 0) is 6.54 Å². The predicted octanol–water partition coefficient (Wildman–Crippen LogP) is 3.74. The highest BCUT2D eigenvalue weighted by Gasteiger charge is 2.24. The summed E-state index contributed by atoms with van der Waals surface area (Å²) in [6, 6.07) is 11.7. The molecule has 1 aromatic heterocycles. The Morgan fingerprint density at radius 2 is 1.95 bits per heavy atom. The third-order valence-corrected chi connectivity index (χ3v) is 4.39. The summed E-state index contributed by atoms with van der Waals surface area (Å²) >= 11 is 6.54. The summed E-state index contributed by atoms with van der Waals surface area (Å²) in [6.07, 6.45) is 2.57. The van der Waals surface area contributed by atoms with Crippen molar-refractivity contribution in [1.29, 1.82) is 0 Å². The van der Waals surface area contributed by atoms with E-state index in [9.17, 15) is 0 Å². The van der Waals surface area contributed by atoms with E-state index in [1.807, 2.05) is 41.1 Å². The number of hydrogen-bond acceptors (Lipinski definition) is 3. The minimum Gasteiger partial charge on any atom is -0.398 e. The van der Waals surface area contributed by atoms with Crippen molar-refractivity contribution in [2.24, 2.45) is 5.92 Å². The Bertz CT molecular complexity index is 820. The lowest BCUT2D eigenvalue weighted by Gasteiger charge is -2.08. The van der Waals surface area contributed by atoms with Crippen molar-refractivity contribution in [3.63, 3.8) is 0 Å². The lowest BCUT2D eigenvalue weighted by atomic mass is 10.0. The molecule has 0 saturated heterocycles. The number of anilines is 1. The fourth-order valence-corrected chi connectivity index (χ4v) is 2.93. The van der Waals surface area contributed by atoms with Gasteiger partial charge in [0.05, 0.1) is 10.5 Å². The molecule has 5 heteroatoms. The van der Waals surface area contributed by atoms with Crippen molar-refractivity contribution in [2.75, 3.05) is 5.73 Å². The van der Waals surface area contributed by atoms with E-state index in [1.54, 1.807) is 0 Å². The molecule has 0 spiro atoms. The van der Waals surface area contributed by atoms with Crippen LogP contribution < -0.4 is 5.73 Å². The van der Waals surface area contributed by atoms with E-state index in [-0.39, 0.29) is 0 Å². The van der Waals surface area contributed by atoms with Crippen LogP contribution in [0.2, 0.25) is 5.02 Å². The molecule has 4 rings (SSSR count). The molecule has 3 aromatic rings. The Kier molecular flexibility index (Phi) is 2.86. The third-order valence-electron chi connectivity index (χ3n) is 4.00. The molecule has 2 aromatic carbocycles. The zero-order valence-corrected chi connectivity index (χ0v) is 12.2. The van der Waals surface area contributed by atoms with E-state index >= 15 is 0 Å². The summed E-state index contributed by atoms with van der Waals surface area (Å²) in [5, 5.41) is 9.12. The molecule has 1 saturated carbocycles. The summed E-state index contributed by atoms with van der Waals surface area (Å²) in [5.41, 5.74) is 10.3. The molecule has 0 amide bonds. The number of halogens is 1. The van der Waals surface area contributed by atoms with E-state index in [1.165, 1.54) is 12.8 Å². The molecule has 0 radical (unpaired) electrons. The van der Waals surface area contributed by atoms with Crippen LogP contribution in [0.15, 0.2) is 36.4 Å². The molecule has 0 atom stereocenters. The minimum absolute atomic E-state index is 0.618. The summed E-state index contributed by atoms with van der Waals surface area (Å²) in [5.74, 6) is 0.748. The fourth-order valence-electron chi connectivity index (χ4n) is 2.63. The first-order valence-corrected chi connectivity index (χ1v) is 7.48. The van der Waals surface area contributed by atoms with Gasteiger partial charge in [-0.2, -0.15) is 0 Å². The number of para-hydroxylation sites is 1. The van der Waals surface area contributed by atoms with Gasteiger partial charge >= 0.3 is 0 Å². The number of fused-ring (bicyclic) bond motifs is 1. The maximum absolute atomic E-state index is 6.54. The van der Waals surface area contributed by atoms with Gasteiger partial charge in [-0.15, -0.1) is 5.10 Å². The van der Waals surface area contributed by atoms with E-state index < -0.39 is 0 Å². The van der Waals surface area contributed by atoms with Crippen LogP contribution >= 0.6 is 11.6 Å². The Balaban J connectivity index is 1.85. The average molecular weight is 299 g/mol. The average Bonchev–Trinajstić information content (AvgIpc) is 3.20. The molecule has 0 unspecified atom stereocenters. The highest BCUT2D eigenvalue weighted by atomic mass is 35.5. The zero-order valence-electron chi connectivity index (χ0n) is 11.5. The lowest BCUT2D eigenvalue weighted by molar-refractivity contribution is 0.559. The first kappa shape index (κ1) is 12.7. The van der Waals surface area contributed by atoms with Crippen molar-refractivity contribution < 1.29 is 0 Å². The molecule has 1 heterocycles. The van der Waals surface area contributed by atoms with Crippen LogP contribution in [0, 0.1) is 5.92 Å². The summed E-state index contributed by atoms with van der Waals surface area (Å²) < 4.78 is 1.96. The topological polar surface area (TPSA) is 56.7 Å². The number of aromatic nitrogens is 3. The molecular formula is C16H15ClN4. The van der Waals surface area contributed by atoms with Crippen LogP contribution in [0.4, 0.5) is 5.69 Å². The van der Waals surface area contributed by atoms with Crippen molar-refractivity contribution in [3.05, 3.63) is 41.4 Å². The molecular weight excluding hydrogens is 284 g/mol. The quantitative estimate of drug-likeness (QED) is 0.749. The van der Waals surface area contributed by atoms with Gasteiger partial charge in [-0.3, -0.25) is 0 Å². The Morgan fingerprint density at radius 1 is 1.14 bits per heavy atom. The van der Waals surface area contributed by atoms with Gasteiger partial charge in [0.2, 0.25) is 0 Å². The van der Waals surface area contributed by atoms with Crippen molar-refractivity contribution in [1.82, 2.24) is 15.0 Å². The standard InChI is InChI=1S/C16H15ClN4/c17-15-12(11-3-1-2-4-13(11)18)7-8-14-16(15)19-20-21(14)9-10-5-6-10/h1-4,7-8,10H,5-6,9,18H2. The van der Waals surface area contributed by atoms with Gasteiger partial charge in [0.1, 0.15) is 5.52 Å². The molecule has 1 fully saturated rings. The van der Waals surface area contributed by atoms with Gasteiger partial charge in [0.15, 0.2) is 0 Å². The number of nitrogens with zero attached hydrogens (tertiary/aromatic N) is 3. The van der Waals surface area contributed by atoms with Gasteiger partial charge in [0.25, 0.3) is 0 Å². The van der Waals surface area contributed by atoms with Gasteiger partial charge in [-0.25, -0.2) is 4.68 Å². The first-order chi connectivity index (χ1) is 10.2. The van der Waals surface area contributed by atoms with E-state index in [2.05, 4.69) is 10.3 Å². The van der Waals surface area contributed by atoms with Gasteiger partial charge in [0, 0.05) is 23.4 Å². The summed E-state index contributed by atoms with van der Waals surface area (Å²) in [4.78, 5) is 0. The number of rotatable bonds is 3. The number of hydrogen-bond donors (Lipinski definition) is 1. The van der Waals surface area contributed by atoms with Crippen LogP contribution in [0.25, 0.3) is 22.2 Å². The third kappa shape index (κ3) is 2.16. The predicted molar refractivity (Wildman–Crippen MR) is 85.1 cm³/mol. The van der Waals surface area contributed by atoms with E-state index in [4.69, 9.17) is 17.3 Å². The maximum atomic E-state index is 6.54. The second-order valence-corrected chi connectivity index (χ2v) is 5.97. The Morgan fingerprint density at radius 3 is 2.71 bits per heavy atom. The van der Waals surface area contributed by atoms with Crippen LogP contribution in [0.1, 0.15) is 12.8 Å². The lowest BCUT2D eigenvalue weighted by Crippen LogP contribution is -2.01. The molecule has 0 bridgehead atoms. The highest BCUT2D eigenvalue weighted by Crippen LogP contribution is 2.37. The number of benzene rings is 2. The molecule has 0 aliphatic heterocycles. The summed E-state index contributed by atoms with van der Waals surface area (Å²) in [7, 11) is 0. The smallest absolute Gasteiger partial charge is 0.132 e. The number of nitrogen functional groups attached to an aromatic ring is 1. The molecule has 106 valence electrons. The number of nitrogens with two attached hydrogens (primary N) is 1. The molecule has 1 aliphatic rings. The summed E-state index contributed by atoms with van der Waals surface area (Å²) in [6.45, 7) is 0.930. The van der Waals surface area contributed by atoms with Crippen LogP contribution in [0.3, 0.4) is 0 Å². The van der Waals surface area contributed by atoms with Crippen molar-refractivity contribution in [3.8, 4) is 11.1 Å². The van der Waals surface area contributed by atoms with Gasteiger partial charge in [-0.1, -0.05) is 41.1 Å². The fraction of sp³-hybridized carbons (Fsp3) is 0.250.